The lowest BCUT2D eigenvalue weighted by Crippen LogP contribution is -2.54. The predicted octanol–water partition coefficient (Wildman–Crippen LogP) is 0.544. The minimum Gasteiger partial charge on any atom is -0.368 e. The number of hydrogen-bond donors (Lipinski definition) is 0. The normalized spacial score (nSPS) is 30.4. The minimum absolute atomic E-state index is 0.0943. The molecule has 0 saturated carbocycles. The molecule has 9 heteroatoms. The van der Waals surface area contributed by atoms with Crippen LogP contribution in [0, 0.1) is 0 Å². The van der Waals surface area contributed by atoms with Crippen LogP contribution in [-0.4, -0.2) is 64.3 Å². The number of nitrogens with zero attached hydrogens (tertiary/aromatic N) is 5. The maximum Gasteiger partial charge on any atom is 0.282 e. The fourth-order valence-corrected chi connectivity index (χ4v) is 5.52. The van der Waals surface area contributed by atoms with Crippen LogP contribution in [0.15, 0.2) is 6.20 Å². The van der Waals surface area contributed by atoms with Crippen LogP contribution < -0.4 is 0 Å². The van der Waals surface area contributed by atoms with Crippen molar-refractivity contribution in [1.29, 1.82) is 0 Å². The molecule has 1 aromatic heterocycles. The summed E-state index contributed by atoms with van der Waals surface area (Å²) in [7, 11) is -3.38. The van der Waals surface area contributed by atoms with Crippen LogP contribution in [0.5, 0.6) is 0 Å². The van der Waals surface area contributed by atoms with E-state index in [2.05, 4.69) is 10.3 Å². The number of fused-ring (bicyclic) bond motifs is 3. The van der Waals surface area contributed by atoms with Crippen molar-refractivity contribution in [2.45, 2.75) is 50.9 Å². The maximum atomic E-state index is 12.9. The number of rotatable bonds is 2. The van der Waals surface area contributed by atoms with Crippen molar-refractivity contribution in [3.63, 3.8) is 0 Å². The van der Waals surface area contributed by atoms with Crippen LogP contribution >= 0.6 is 0 Å². The SMILES string of the molecule is O=S(=O)(N1CCCCCC1)N1CC[C@H]2[C@H](C1)OCc1cnnn12. The molecule has 2 fully saturated rings. The van der Waals surface area contributed by atoms with Gasteiger partial charge in [0.05, 0.1) is 30.6 Å². The van der Waals surface area contributed by atoms with Gasteiger partial charge in [-0.25, -0.2) is 4.68 Å². The van der Waals surface area contributed by atoms with Gasteiger partial charge < -0.3 is 4.74 Å². The average Bonchev–Trinajstić information content (AvgIpc) is 2.87. The molecular formula is C14H23N5O3S. The number of ether oxygens (including phenoxy) is 1. The molecule has 0 bridgehead atoms. The van der Waals surface area contributed by atoms with Gasteiger partial charge in [0, 0.05) is 26.2 Å². The molecule has 0 N–H and O–H groups in total. The Bertz CT molecular complexity index is 653. The van der Waals surface area contributed by atoms with Crippen molar-refractivity contribution in [2.24, 2.45) is 0 Å². The van der Waals surface area contributed by atoms with E-state index in [1.807, 2.05) is 4.68 Å². The van der Waals surface area contributed by atoms with Crippen molar-refractivity contribution in [3.05, 3.63) is 11.9 Å². The van der Waals surface area contributed by atoms with Gasteiger partial charge in [-0.15, -0.1) is 5.10 Å². The van der Waals surface area contributed by atoms with Gasteiger partial charge >= 0.3 is 0 Å². The first-order valence-electron chi connectivity index (χ1n) is 8.42. The first-order chi connectivity index (χ1) is 11.2. The predicted molar refractivity (Wildman–Crippen MR) is 82.8 cm³/mol. The van der Waals surface area contributed by atoms with Crippen LogP contribution in [0.1, 0.15) is 43.8 Å². The van der Waals surface area contributed by atoms with E-state index in [0.717, 1.165) is 31.4 Å². The number of aromatic nitrogens is 3. The summed E-state index contributed by atoms with van der Waals surface area (Å²) < 4.78 is 36.9. The van der Waals surface area contributed by atoms with Crippen LogP contribution in [0.2, 0.25) is 0 Å². The highest BCUT2D eigenvalue weighted by atomic mass is 32.2. The molecule has 4 heterocycles. The van der Waals surface area contributed by atoms with Gasteiger partial charge in [-0.05, 0) is 19.3 Å². The minimum atomic E-state index is -3.38. The summed E-state index contributed by atoms with van der Waals surface area (Å²) in [6, 6.07) is 0.0943. The van der Waals surface area contributed by atoms with E-state index in [4.69, 9.17) is 4.74 Å². The third-order valence-corrected chi connectivity index (χ3v) is 7.12. The Morgan fingerprint density at radius 2 is 1.87 bits per heavy atom. The molecule has 0 unspecified atom stereocenters. The number of piperidine rings is 1. The molecule has 1 aromatic rings. The molecule has 0 radical (unpaired) electrons. The zero-order valence-corrected chi connectivity index (χ0v) is 14.0. The highest BCUT2D eigenvalue weighted by Gasteiger charge is 2.41. The maximum absolute atomic E-state index is 12.9. The molecule has 2 saturated heterocycles. The van der Waals surface area contributed by atoms with Crippen LogP contribution in [0.25, 0.3) is 0 Å². The zero-order valence-electron chi connectivity index (χ0n) is 13.2. The van der Waals surface area contributed by atoms with Crippen molar-refractivity contribution < 1.29 is 13.2 Å². The molecule has 3 aliphatic rings. The van der Waals surface area contributed by atoms with Gasteiger partial charge in [0.2, 0.25) is 0 Å². The topological polar surface area (TPSA) is 80.6 Å². The Morgan fingerprint density at radius 1 is 1.09 bits per heavy atom. The summed E-state index contributed by atoms with van der Waals surface area (Å²) in [5.41, 5.74) is 0.968. The largest absolute Gasteiger partial charge is 0.368 e. The fraction of sp³-hybridized carbons (Fsp3) is 0.857. The third-order valence-electron chi connectivity index (χ3n) is 5.11. The lowest BCUT2D eigenvalue weighted by atomic mass is 10.0. The summed E-state index contributed by atoms with van der Waals surface area (Å²) in [6.07, 6.45) is 6.45. The standard InChI is InChI=1S/C14H23N5O3S/c20-23(21,17-6-3-1-2-4-7-17)18-8-5-13-14(10-18)22-11-12-9-15-16-19(12)13/h9,13-14H,1-8,10-11H2/t13-,14-/m0/s1. The van der Waals surface area contributed by atoms with Gasteiger partial charge in [0.1, 0.15) is 0 Å². The van der Waals surface area contributed by atoms with Crippen LogP contribution in [0.4, 0.5) is 0 Å². The van der Waals surface area contributed by atoms with Crippen molar-refractivity contribution in [2.75, 3.05) is 26.2 Å². The summed E-state index contributed by atoms with van der Waals surface area (Å²) in [5.74, 6) is 0. The highest BCUT2D eigenvalue weighted by Crippen LogP contribution is 2.32. The summed E-state index contributed by atoms with van der Waals surface area (Å²) >= 11 is 0. The van der Waals surface area contributed by atoms with E-state index < -0.39 is 10.2 Å². The molecule has 3 aliphatic heterocycles. The first kappa shape index (κ1) is 15.5. The first-order valence-corrected chi connectivity index (χ1v) is 9.82. The summed E-state index contributed by atoms with van der Waals surface area (Å²) in [6.45, 7) is 2.65. The quantitative estimate of drug-likeness (QED) is 0.784. The Labute approximate surface area is 136 Å². The molecule has 4 rings (SSSR count). The molecule has 128 valence electrons. The molecule has 8 nitrogen and oxygen atoms in total. The van der Waals surface area contributed by atoms with E-state index >= 15 is 0 Å². The van der Waals surface area contributed by atoms with E-state index in [1.165, 1.54) is 0 Å². The molecule has 0 aliphatic carbocycles. The summed E-state index contributed by atoms with van der Waals surface area (Å²) in [4.78, 5) is 0. The van der Waals surface area contributed by atoms with E-state index in [1.54, 1.807) is 14.8 Å². The van der Waals surface area contributed by atoms with Gasteiger partial charge in [-0.3, -0.25) is 0 Å². The Balaban J connectivity index is 1.50. The Kier molecular flexibility index (Phi) is 4.12. The van der Waals surface area contributed by atoms with E-state index in [0.29, 0.717) is 39.2 Å². The average molecular weight is 341 g/mol. The second-order valence-corrected chi connectivity index (χ2v) is 8.48. The molecular weight excluding hydrogens is 318 g/mol. The Hall–Kier alpha value is -1.03. The molecule has 2 atom stereocenters. The summed E-state index contributed by atoms with van der Waals surface area (Å²) in [5, 5.41) is 8.08. The third kappa shape index (κ3) is 2.79. The molecule has 23 heavy (non-hydrogen) atoms. The van der Waals surface area contributed by atoms with Crippen molar-refractivity contribution >= 4 is 10.2 Å². The van der Waals surface area contributed by atoms with Gasteiger partial charge in [-0.2, -0.15) is 17.0 Å². The molecule has 0 spiro atoms. The van der Waals surface area contributed by atoms with E-state index in [-0.39, 0.29) is 12.1 Å². The fourth-order valence-electron chi connectivity index (χ4n) is 3.80. The van der Waals surface area contributed by atoms with Crippen LogP contribution in [-0.2, 0) is 21.6 Å². The van der Waals surface area contributed by atoms with Gasteiger partial charge in [0.15, 0.2) is 0 Å². The smallest absolute Gasteiger partial charge is 0.282 e. The zero-order chi connectivity index (χ0) is 15.9. The van der Waals surface area contributed by atoms with Crippen LogP contribution in [0.3, 0.4) is 0 Å². The molecule has 0 aromatic carbocycles. The van der Waals surface area contributed by atoms with Gasteiger partial charge in [0.25, 0.3) is 10.2 Å². The van der Waals surface area contributed by atoms with E-state index in [9.17, 15) is 8.42 Å². The monoisotopic (exact) mass is 341 g/mol. The highest BCUT2D eigenvalue weighted by molar-refractivity contribution is 7.86. The molecule has 0 amide bonds. The van der Waals surface area contributed by atoms with Gasteiger partial charge in [-0.1, -0.05) is 18.1 Å². The van der Waals surface area contributed by atoms with Crippen molar-refractivity contribution in [3.8, 4) is 0 Å². The lowest BCUT2D eigenvalue weighted by molar-refractivity contribution is -0.0551. The second-order valence-electron chi connectivity index (χ2n) is 6.55. The lowest BCUT2D eigenvalue weighted by Gasteiger charge is -2.41. The van der Waals surface area contributed by atoms with Crippen molar-refractivity contribution in [1.82, 2.24) is 23.6 Å². The second kappa shape index (κ2) is 6.12. The Morgan fingerprint density at radius 3 is 2.65 bits per heavy atom. The number of hydrogen-bond acceptors (Lipinski definition) is 5.